The lowest BCUT2D eigenvalue weighted by molar-refractivity contribution is -0.120. The number of rotatable bonds is 5. The molecule has 2 aromatic carbocycles. The zero-order valence-corrected chi connectivity index (χ0v) is 15.2. The second kappa shape index (κ2) is 7.01. The number of carbonyl (C=O) groups is 1. The molecule has 130 valence electrons. The van der Waals surface area contributed by atoms with Crippen LogP contribution in [0.1, 0.15) is 22.3 Å². The van der Waals surface area contributed by atoms with E-state index in [4.69, 9.17) is 4.42 Å². The first kappa shape index (κ1) is 17.1. The van der Waals surface area contributed by atoms with Gasteiger partial charge in [-0.25, -0.2) is 0 Å². The number of fused-ring (bicyclic) bond motifs is 1. The first-order valence-electron chi connectivity index (χ1n) is 8.44. The van der Waals surface area contributed by atoms with Crippen LogP contribution in [0, 0.1) is 13.8 Å². The highest BCUT2D eigenvalue weighted by molar-refractivity contribution is 5.88. The van der Waals surface area contributed by atoms with Crippen molar-refractivity contribution in [3.8, 4) is 0 Å². The summed E-state index contributed by atoms with van der Waals surface area (Å²) in [7, 11) is 4.02. The summed E-state index contributed by atoms with van der Waals surface area (Å²) in [5.41, 5.74) is 6.40. The molecule has 1 aromatic heterocycles. The van der Waals surface area contributed by atoms with Gasteiger partial charge in [-0.3, -0.25) is 4.79 Å². The number of carbonyl (C=O) groups excluding carboxylic acids is 1. The predicted octanol–water partition coefficient (Wildman–Crippen LogP) is 3.97. The van der Waals surface area contributed by atoms with E-state index < -0.39 is 0 Å². The van der Waals surface area contributed by atoms with Gasteiger partial charge >= 0.3 is 0 Å². The molecule has 0 aliphatic heterocycles. The molecule has 0 saturated carbocycles. The van der Waals surface area contributed by atoms with E-state index >= 15 is 0 Å². The highest BCUT2D eigenvalue weighted by atomic mass is 16.3. The minimum Gasteiger partial charge on any atom is -0.464 e. The second-order valence-corrected chi connectivity index (χ2v) is 6.71. The lowest BCUT2D eigenvalue weighted by Gasteiger charge is -2.12. The summed E-state index contributed by atoms with van der Waals surface area (Å²) in [6, 6.07) is 12.3. The third-order valence-corrected chi connectivity index (χ3v) is 4.56. The molecule has 0 saturated heterocycles. The maximum absolute atomic E-state index is 12.3. The molecule has 3 aromatic rings. The van der Waals surface area contributed by atoms with Crippen molar-refractivity contribution in [1.82, 2.24) is 5.32 Å². The fourth-order valence-corrected chi connectivity index (χ4v) is 2.82. The molecule has 25 heavy (non-hydrogen) atoms. The second-order valence-electron chi connectivity index (χ2n) is 6.71. The summed E-state index contributed by atoms with van der Waals surface area (Å²) >= 11 is 0. The van der Waals surface area contributed by atoms with Gasteiger partial charge in [0.15, 0.2) is 0 Å². The Morgan fingerprint density at radius 1 is 1.08 bits per heavy atom. The summed E-state index contributed by atoms with van der Waals surface area (Å²) in [6.07, 6.45) is 2.01. The number of benzene rings is 2. The van der Waals surface area contributed by atoms with E-state index in [1.807, 2.05) is 32.3 Å². The third-order valence-electron chi connectivity index (χ3n) is 4.56. The van der Waals surface area contributed by atoms with E-state index in [-0.39, 0.29) is 5.91 Å². The third kappa shape index (κ3) is 3.85. The van der Waals surface area contributed by atoms with Crippen LogP contribution in [0.3, 0.4) is 0 Å². The highest BCUT2D eigenvalue weighted by Crippen LogP contribution is 2.25. The first-order valence-corrected chi connectivity index (χ1v) is 8.44. The number of amides is 1. The molecule has 0 aliphatic carbocycles. The van der Waals surface area contributed by atoms with Gasteiger partial charge in [0.1, 0.15) is 5.58 Å². The standard InChI is InChI=1S/C21H24N2O2/c1-14-9-19-17(13-25-20(19)10-15(14)2)11-21(24)22-12-16-5-7-18(8-6-16)23(3)4/h5-10,13H,11-12H2,1-4H3,(H,22,24). The van der Waals surface area contributed by atoms with Crippen molar-refractivity contribution in [3.05, 3.63) is 64.9 Å². The Morgan fingerprint density at radius 3 is 2.44 bits per heavy atom. The normalized spacial score (nSPS) is 10.9. The number of aryl methyl sites for hydroxylation is 2. The molecule has 0 bridgehead atoms. The molecule has 4 nitrogen and oxygen atoms in total. The van der Waals surface area contributed by atoms with Crippen molar-refractivity contribution in [2.45, 2.75) is 26.8 Å². The topological polar surface area (TPSA) is 45.5 Å². The number of hydrogen-bond donors (Lipinski definition) is 1. The smallest absolute Gasteiger partial charge is 0.224 e. The number of anilines is 1. The molecule has 0 fully saturated rings. The molecule has 1 amide bonds. The molecule has 1 N–H and O–H groups in total. The fourth-order valence-electron chi connectivity index (χ4n) is 2.82. The molecule has 1 heterocycles. The van der Waals surface area contributed by atoms with Gasteiger partial charge in [-0.1, -0.05) is 12.1 Å². The van der Waals surface area contributed by atoms with Crippen LogP contribution in [-0.4, -0.2) is 20.0 Å². The van der Waals surface area contributed by atoms with E-state index in [0.29, 0.717) is 13.0 Å². The highest BCUT2D eigenvalue weighted by Gasteiger charge is 2.11. The van der Waals surface area contributed by atoms with Crippen LogP contribution in [0.5, 0.6) is 0 Å². The van der Waals surface area contributed by atoms with Gasteiger partial charge < -0.3 is 14.6 Å². The van der Waals surface area contributed by atoms with Gasteiger partial charge in [0.25, 0.3) is 0 Å². The quantitative estimate of drug-likeness (QED) is 0.767. The Balaban J connectivity index is 1.64. The van der Waals surface area contributed by atoms with Crippen LogP contribution >= 0.6 is 0 Å². The summed E-state index contributed by atoms with van der Waals surface area (Å²) in [5, 5.41) is 4.00. The molecule has 4 heteroatoms. The summed E-state index contributed by atoms with van der Waals surface area (Å²) in [5.74, 6) is -0.00221. The van der Waals surface area contributed by atoms with Crippen LogP contribution in [0.4, 0.5) is 5.69 Å². The van der Waals surface area contributed by atoms with Crippen LogP contribution in [-0.2, 0) is 17.8 Å². The van der Waals surface area contributed by atoms with Crippen molar-refractivity contribution in [2.24, 2.45) is 0 Å². The molecule has 0 aliphatic rings. The summed E-state index contributed by atoms with van der Waals surface area (Å²) in [4.78, 5) is 14.3. The average molecular weight is 336 g/mol. The predicted molar refractivity (Wildman–Crippen MR) is 102 cm³/mol. The van der Waals surface area contributed by atoms with Gasteiger partial charge in [0.05, 0.1) is 12.7 Å². The molecule has 0 spiro atoms. The largest absolute Gasteiger partial charge is 0.464 e. The van der Waals surface area contributed by atoms with Crippen molar-refractivity contribution in [1.29, 1.82) is 0 Å². The van der Waals surface area contributed by atoms with E-state index in [0.717, 1.165) is 27.8 Å². The molecule has 3 rings (SSSR count). The van der Waals surface area contributed by atoms with Gasteiger partial charge in [-0.2, -0.15) is 0 Å². The number of hydrogen-bond acceptors (Lipinski definition) is 3. The van der Waals surface area contributed by atoms with Crippen molar-refractivity contribution < 1.29 is 9.21 Å². The van der Waals surface area contributed by atoms with Gasteiger partial charge in [0, 0.05) is 37.3 Å². The van der Waals surface area contributed by atoms with E-state index in [2.05, 4.69) is 42.3 Å². The number of nitrogens with zero attached hydrogens (tertiary/aromatic N) is 1. The van der Waals surface area contributed by atoms with Crippen molar-refractivity contribution >= 4 is 22.6 Å². The number of furan rings is 1. The first-order chi connectivity index (χ1) is 11.9. The SMILES string of the molecule is Cc1cc2occ(CC(=O)NCc3ccc(N(C)C)cc3)c2cc1C. The maximum atomic E-state index is 12.3. The number of nitrogens with one attached hydrogen (secondary N) is 1. The van der Waals surface area contributed by atoms with Gasteiger partial charge in [-0.15, -0.1) is 0 Å². The van der Waals surface area contributed by atoms with Crippen LogP contribution < -0.4 is 10.2 Å². The minimum atomic E-state index is -0.00221. The maximum Gasteiger partial charge on any atom is 0.224 e. The molecular weight excluding hydrogens is 312 g/mol. The van der Waals surface area contributed by atoms with Crippen LogP contribution in [0.15, 0.2) is 47.1 Å². The molecule has 0 radical (unpaired) electrons. The lowest BCUT2D eigenvalue weighted by Crippen LogP contribution is -2.24. The van der Waals surface area contributed by atoms with Crippen LogP contribution in [0.2, 0.25) is 0 Å². The molecular formula is C21H24N2O2. The van der Waals surface area contributed by atoms with E-state index in [9.17, 15) is 4.79 Å². The van der Waals surface area contributed by atoms with Crippen molar-refractivity contribution in [3.63, 3.8) is 0 Å². The lowest BCUT2D eigenvalue weighted by atomic mass is 10.0. The average Bonchev–Trinajstić information content (AvgIpc) is 2.95. The Labute approximate surface area is 148 Å². The Kier molecular flexibility index (Phi) is 4.79. The summed E-state index contributed by atoms with van der Waals surface area (Å²) < 4.78 is 5.60. The van der Waals surface area contributed by atoms with E-state index in [1.165, 1.54) is 11.1 Å². The Bertz CT molecular complexity index is 892. The zero-order chi connectivity index (χ0) is 18.0. The minimum absolute atomic E-state index is 0.00221. The van der Waals surface area contributed by atoms with Crippen molar-refractivity contribution in [2.75, 3.05) is 19.0 Å². The summed E-state index contributed by atoms with van der Waals surface area (Å²) in [6.45, 7) is 4.66. The van der Waals surface area contributed by atoms with Crippen LogP contribution in [0.25, 0.3) is 11.0 Å². The Morgan fingerprint density at radius 2 is 1.76 bits per heavy atom. The van der Waals surface area contributed by atoms with Gasteiger partial charge in [0.2, 0.25) is 5.91 Å². The van der Waals surface area contributed by atoms with E-state index in [1.54, 1.807) is 6.26 Å². The monoisotopic (exact) mass is 336 g/mol. The zero-order valence-electron chi connectivity index (χ0n) is 15.2. The van der Waals surface area contributed by atoms with Gasteiger partial charge in [-0.05, 0) is 54.8 Å². The Hall–Kier alpha value is -2.75. The molecule has 0 unspecified atom stereocenters. The fraction of sp³-hybridized carbons (Fsp3) is 0.286. The molecule has 0 atom stereocenters.